The molecule has 25 heavy (non-hydrogen) atoms. The van der Waals surface area contributed by atoms with E-state index in [1.54, 1.807) is 7.05 Å². The number of anilines is 1. The van der Waals surface area contributed by atoms with Gasteiger partial charge in [-0.25, -0.2) is 0 Å². The van der Waals surface area contributed by atoms with Gasteiger partial charge in [0.1, 0.15) is 0 Å². The highest BCUT2D eigenvalue weighted by molar-refractivity contribution is 14.0. The number of benzene rings is 1. The molecule has 0 aliphatic carbocycles. The minimum Gasteiger partial charge on any atom is -0.382 e. The SMILES string of the molecule is CCOCCCNC(=NC)NCCC(=O)Nc1cc(Br)ccc1C.I. The number of rotatable bonds is 9. The van der Waals surface area contributed by atoms with Crippen molar-refractivity contribution in [1.82, 2.24) is 10.6 Å². The van der Waals surface area contributed by atoms with E-state index in [0.717, 1.165) is 41.9 Å². The first-order valence-electron chi connectivity index (χ1n) is 8.15. The Hall–Kier alpha value is -0.870. The van der Waals surface area contributed by atoms with E-state index in [0.29, 0.717) is 18.9 Å². The summed E-state index contributed by atoms with van der Waals surface area (Å²) < 4.78 is 6.22. The lowest BCUT2D eigenvalue weighted by atomic mass is 10.2. The number of aryl methyl sites for hydroxylation is 1. The first-order valence-corrected chi connectivity index (χ1v) is 8.94. The Kier molecular flexibility index (Phi) is 13.8. The average molecular weight is 527 g/mol. The van der Waals surface area contributed by atoms with Gasteiger partial charge in [-0.3, -0.25) is 9.79 Å². The molecule has 142 valence electrons. The Bertz CT molecular complexity index is 555. The lowest BCUT2D eigenvalue weighted by Gasteiger charge is -2.12. The van der Waals surface area contributed by atoms with Crippen LogP contribution in [0.4, 0.5) is 5.69 Å². The quantitative estimate of drug-likeness (QED) is 0.200. The molecule has 0 saturated carbocycles. The van der Waals surface area contributed by atoms with Gasteiger partial charge in [-0.05, 0) is 38.0 Å². The van der Waals surface area contributed by atoms with E-state index < -0.39 is 0 Å². The number of carbonyl (C=O) groups excluding carboxylic acids is 1. The van der Waals surface area contributed by atoms with Gasteiger partial charge in [-0.15, -0.1) is 24.0 Å². The van der Waals surface area contributed by atoms with Crippen LogP contribution in [0.25, 0.3) is 0 Å². The predicted octanol–water partition coefficient (Wildman–Crippen LogP) is 3.30. The number of amides is 1. The van der Waals surface area contributed by atoms with Crippen LogP contribution in [0.15, 0.2) is 27.7 Å². The summed E-state index contributed by atoms with van der Waals surface area (Å²) >= 11 is 3.41. The van der Waals surface area contributed by atoms with Crippen molar-refractivity contribution in [3.05, 3.63) is 28.2 Å². The van der Waals surface area contributed by atoms with Crippen molar-refractivity contribution in [3.63, 3.8) is 0 Å². The van der Waals surface area contributed by atoms with Crippen LogP contribution in [-0.2, 0) is 9.53 Å². The molecule has 0 aliphatic rings. The van der Waals surface area contributed by atoms with Gasteiger partial charge in [0.15, 0.2) is 5.96 Å². The fourth-order valence-corrected chi connectivity index (χ4v) is 2.34. The van der Waals surface area contributed by atoms with Crippen molar-refractivity contribution < 1.29 is 9.53 Å². The number of halogens is 2. The van der Waals surface area contributed by atoms with Gasteiger partial charge >= 0.3 is 0 Å². The van der Waals surface area contributed by atoms with Gasteiger partial charge in [0, 0.05) is 49.9 Å². The molecule has 0 bridgehead atoms. The highest BCUT2D eigenvalue weighted by Crippen LogP contribution is 2.20. The minimum absolute atomic E-state index is 0. The Morgan fingerprint density at radius 3 is 2.68 bits per heavy atom. The van der Waals surface area contributed by atoms with Crippen LogP contribution >= 0.6 is 39.9 Å². The molecule has 0 aromatic heterocycles. The van der Waals surface area contributed by atoms with Crippen molar-refractivity contribution in [2.75, 3.05) is 38.7 Å². The zero-order chi connectivity index (χ0) is 17.8. The van der Waals surface area contributed by atoms with Gasteiger partial charge in [0.25, 0.3) is 0 Å². The highest BCUT2D eigenvalue weighted by atomic mass is 127. The fraction of sp³-hybridized carbons (Fsp3) is 0.529. The monoisotopic (exact) mass is 526 g/mol. The Balaban J connectivity index is 0.00000576. The first kappa shape index (κ1) is 24.1. The molecule has 0 saturated heterocycles. The molecule has 0 spiro atoms. The summed E-state index contributed by atoms with van der Waals surface area (Å²) in [5.74, 6) is 0.661. The third-order valence-electron chi connectivity index (χ3n) is 3.30. The van der Waals surface area contributed by atoms with E-state index in [2.05, 4.69) is 36.9 Å². The molecule has 8 heteroatoms. The van der Waals surface area contributed by atoms with E-state index in [1.807, 2.05) is 32.0 Å². The number of aliphatic imine (C=N–C) groups is 1. The highest BCUT2D eigenvalue weighted by Gasteiger charge is 2.06. The van der Waals surface area contributed by atoms with Crippen LogP contribution < -0.4 is 16.0 Å². The topological polar surface area (TPSA) is 74.8 Å². The molecule has 1 amide bonds. The molecular formula is C17H28BrIN4O2. The van der Waals surface area contributed by atoms with Crippen LogP contribution in [0, 0.1) is 6.92 Å². The van der Waals surface area contributed by atoms with Crippen LogP contribution in [0.3, 0.4) is 0 Å². The lowest BCUT2D eigenvalue weighted by molar-refractivity contribution is -0.116. The van der Waals surface area contributed by atoms with E-state index in [-0.39, 0.29) is 29.9 Å². The second-order valence-electron chi connectivity index (χ2n) is 5.23. The number of ether oxygens (including phenoxy) is 1. The van der Waals surface area contributed by atoms with E-state index in [9.17, 15) is 4.79 Å². The van der Waals surface area contributed by atoms with E-state index >= 15 is 0 Å². The van der Waals surface area contributed by atoms with Crippen LogP contribution in [0.2, 0.25) is 0 Å². The molecule has 0 fully saturated rings. The van der Waals surface area contributed by atoms with Gasteiger partial charge < -0.3 is 20.7 Å². The van der Waals surface area contributed by atoms with Crippen LogP contribution in [0.5, 0.6) is 0 Å². The van der Waals surface area contributed by atoms with Crippen molar-refractivity contribution in [1.29, 1.82) is 0 Å². The summed E-state index contributed by atoms with van der Waals surface area (Å²) in [6.45, 7) is 6.71. The van der Waals surface area contributed by atoms with Crippen LogP contribution in [-0.4, -0.2) is 45.2 Å². The molecule has 0 radical (unpaired) electrons. The Labute approximate surface area is 175 Å². The lowest BCUT2D eigenvalue weighted by Crippen LogP contribution is -2.39. The molecule has 0 atom stereocenters. The smallest absolute Gasteiger partial charge is 0.226 e. The van der Waals surface area contributed by atoms with Gasteiger partial charge in [-0.2, -0.15) is 0 Å². The largest absolute Gasteiger partial charge is 0.382 e. The van der Waals surface area contributed by atoms with Crippen molar-refractivity contribution in [2.24, 2.45) is 4.99 Å². The Morgan fingerprint density at radius 1 is 1.28 bits per heavy atom. The third kappa shape index (κ3) is 10.7. The summed E-state index contributed by atoms with van der Waals surface area (Å²) in [7, 11) is 1.71. The number of hydrogen-bond acceptors (Lipinski definition) is 3. The normalized spacial score (nSPS) is 10.8. The summed E-state index contributed by atoms with van der Waals surface area (Å²) in [6, 6.07) is 5.82. The molecular weight excluding hydrogens is 499 g/mol. The molecule has 0 heterocycles. The summed E-state index contributed by atoms with van der Waals surface area (Å²) in [4.78, 5) is 16.2. The summed E-state index contributed by atoms with van der Waals surface area (Å²) in [6.07, 6.45) is 1.28. The summed E-state index contributed by atoms with van der Waals surface area (Å²) in [5, 5.41) is 9.24. The maximum atomic E-state index is 12.0. The molecule has 1 aromatic carbocycles. The van der Waals surface area contributed by atoms with Gasteiger partial charge in [0.05, 0.1) is 0 Å². The predicted molar refractivity (Wildman–Crippen MR) is 118 cm³/mol. The fourth-order valence-electron chi connectivity index (χ4n) is 1.98. The zero-order valence-electron chi connectivity index (χ0n) is 15.0. The zero-order valence-corrected chi connectivity index (χ0v) is 18.9. The molecule has 6 nitrogen and oxygen atoms in total. The average Bonchev–Trinajstić information content (AvgIpc) is 2.56. The summed E-state index contributed by atoms with van der Waals surface area (Å²) in [5.41, 5.74) is 1.86. The van der Waals surface area contributed by atoms with E-state index in [1.165, 1.54) is 0 Å². The molecule has 1 rings (SSSR count). The van der Waals surface area contributed by atoms with E-state index in [4.69, 9.17) is 4.74 Å². The number of hydrogen-bond donors (Lipinski definition) is 3. The second kappa shape index (κ2) is 14.3. The number of nitrogens with one attached hydrogen (secondary N) is 3. The minimum atomic E-state index is -0.0319. The molecule has 0 aliphatic heterocycles. The molecule has 3 N–H and O–H groups in total. The van der Waals surface area contributed by atoms with Crippen molar-refractivity contribution in [3.8, 4) is 0 Å². The van der Waals surface area contributed by atoms with Gasteiger partial charge in [0.2, 0.25) is 5.91 Å². The number of nitrogens with zero attached hydrogens (tertiary/aromatic N) is 1. The molecule has 1 aromatic rings. The standard InChI is InChI=1S/C17H27BrN4O2.HI/c1-4-24-11-5-9-20-17(19-3)21-10-8-16(23)22-15-12-14(18)7-6-13(15)2;/h6-7,12H,4-5,8-11H2,1-3H3,(H,22,23)(H2,19,20,21);1H. The first-order chi connectivity index (χ1) is 11.6. The van der Waals surface area contributed by atoms with Crippen molar-refractivity contribution >= 4 is 57.5 Å². The number of guanidine groups is 1. The van der Waals surface area contributed by atoms with Crippen LogP contribution in [0.1, 0.15) is 25.3 Å². The maximum absolute atomic E-state index is 12.0. The maximum Gasteiger partial charge on any atom is 0.226 e. The third-order valence-corrected chi connectivity index (χ3v) is 3.80. The van der Waals surface area contributed by atoms with Crippen molar-refractivity contribution in [2.45, 2.75) is 26.7 Å². The second-order valence-corrected chi connectivity index (χ2v) is 6.15. The number of carbonyl (C=O) groups is 1. The van der Waals surface area contributed by atoms with Gasteiger partial charge in [-0.1, -0.05) is 22.0 Å². The Morgan fingerprint density at radius 2 is 2.00 bits per heavy atom. The molecule has 0 unspecified atom stereocenters.